The average Bonchev–Trinajstić information content (AvgIpc) is 2.44. The summed E-state index contributed by atoms with van der Waals surface area (Å²) >= 11 is 7.66. The van der Waals surface area contributed by atoms with E-state index in [4.69, 9.17) is 11.6 Å². The fraction of sp³-hybridized carbons (Fsp3) is 0.182. The molecule has 0 N–H and O–H groups in total. The smallest absolute Gasteiger partial charge is 0.201 e. The quantitative estimate of drug-likeness (QED) is 0.556. The van der Waals surface area contributed by atoms with E-state index in [-0.39, 0.29) is 17.0 Å². The molecule has 0 bridgehead atoms. The van der Waals surface area contributed by atoms with Crippen LogP contribution < -0.4 is 20.9 Å². The molecule has 0 fully saturated rings. The molecule has 0 saturated carbocycles. The Morgan fingerprint density at radius 3 is 2.93 bits per heavy atom. The van der Waals surface area contributed by atoms with E-state index in [0.717, 1.165) is 11.6 Å². The van der Waals surface area contributed by atoms with Crippen LogP contribution in [-0.4, -0.2) is 0 Å². The predicted octanol–water partition coefficient (Wildman–Crippen LogP) is 0.341. The van der Waals surface area contributed by atoms with Crippen molar-refractivity contribution in [2.45, 2.75) is 13.5 Å². The Bertz CT molecular complexity index is 493. The minimum Gasteiger partial charge on any atom is -1.00 e. The van der Waals surface area contributed by atoms with Crippen molar-refractivity contribution in [1.29, 1.82) is 0 Å². The van der Waals surface area contributed by atoms with E-state index in [9.17, 15) is 0 Å². The molecule has 1 heterocycles. The lowest BCUT2D eigenvalue weighted by molar-refractivity contribution is -0.623. The van der Waals surface area contributed by atoms with E-state index < -0.39 is 0 Å². The second kappa shape index (κ2) is 5.10. The second-order valence-corrected chi connectivity index (χ2v) is 4.67. The Morgan fingerprint density at radius 1 is 1.53 bits per heavy atom. The summed E-state index contributed by atoms with van der Waals surface area (Å²) in [5.74, 6) is 0. The Labute approximate surface area is 109 Å². The largest absolute Gasteiger partial charge is 1.00 e. The molecule has 0 aliphatic rings. The van der Waals surface area contributed by atoms with E-state index in [1.165, 1.54) is 15.8 Å². The lowest BCUT2D eigenvalue weighted by atomic mass is 10.2. The molecule has 0 radical (unpaired) electrons. The number of allylic oxidation sites excluding steroid dienone is 1. The van der Waals surface area contributed by atoms with Gasteiger partial charge in [0, 0.05) is 11.9 Å². The van der Waals surface area contributed by atoms with Gasteiger partial charge in [-0.3, -0.25) is 0 Å². The maximum atomic E-state index is 5.93. The summed E-state index contributed by atoms with van der Waals surface area (Å²) < 4.78 is 3.45. The van der Waals surface area contributed by atoms with Crippen LogP contribution in [0.1, 0.15) is 5.69 Å². The summed E-state index contributed by atoms with van der Waals surface area (Å²) in [7, 11) is 0. The van der Waals surface area contributed by atoms with Gasteiger partial charge in [-0.05, 0) is 24.3 Å². The molecule has 0 atom stereocenters. The lowest BCUT2D eigenvalue weighted by Crippen LogP contribution is -3.00. The Balaban J connectivity index is 0.00000112. The van der Waals surface area contributed by atoms with Crippen LogP contribution in [0.25, 0.3) is 10.1 Å². The van der Waals surface area contributed by atoms with Crippen molar-refractivity contribution >= 4 is 33.2 Å². The van der Waals surface area contributed by atoms with Crippen molar-refractivity contribution in [3.63, 3.8) is 0 Å². The van der Waals surface area contributed by atoms with Crippen LogP contribution in [0.5, 0.6) is 0 Å². The number of benzene rings is 1. The zero-order valence-electron chi connectivity index (χ0n) is 8.34. The molecule has 80 valence electrons. The maximum Gasteiger partial charge on any atom is 0.201 e. The molecule has 0 spiro atoms. The van der Waals surface area contributed by atoms with Crippen LogP contribution in [-0.2, 0) is 6.54 Å². The SMILES string of the molecule is C=CC[n+]1sc2cc(Cl)ccc2c1C.[Br-]. The normalized spacial score (nSPS) is 10.0. The van der Waals surface area contributed by atoms with Crippen molar-refractivity contribution < 1.29 is 20.9 Å². The summed E-state index contributed by atoms with van der Waals surface area (Å²) in [6, 6.07) is 6.01. The number of hydrogen-bond donors (Lipinski definition) is 0. The van der Waals surface area contributed by atoms with Gasteiger partial charge in [-0.2, -0.15) is 0 Å². The van der Waals surface area contributed by atoms with Crippen LogP contribution in [0.15, 0.2) is 30.9 Å². The molecule has 2 aromatic rings. The van der Waals surface area contributed by atoms with Gasteiger partial charge in [-0.25, -0.2) is 0 Å². The van der Waals surface area contributed by atoms with Crippen LogP contribution in [0.4, 0.5) is 0 Å². The summed E-state index contributed by atoms with van der Waals surface area (Å²) in [5.41, 5.74) is 1.28. The van der Waals surface area contributed by atoms with Gasteiger partial charge in [0.25, 0.3) is 0 Å². The van der Waals surface area contributed by atoms with Crippen LogP contribution in [0.2, 0.25) is 5.02 Å². The molecule has 1 aromatic heterocycles. The topological polar surface area (TPSA) is 3.88 Å². The molecule has 0 unspecified atom stereocenters. The highest BCUT2D eigenvalue weighted by Gasteiger charge is 2.14. The summed E-state index contributed by atoms with van der Waals surface area (Å²) in [6.45, 7) is 6.73. The number of halogens is 2. The van der Waals surface area contributed by atoms with Gasteiger partial charge in [0.1, 0.15) is 16.2 Å². The minimum atomic E-state index is 0. The molecular formula is C11H11BrClNS. The van der Waals surface area contributed by atoms with Gasteiger partial charge >= 0.3 is 0 Å². The first kappa shape index (κ1) is 12.7. The Kier molecular flexibility index (Phi) is 4.32. The summed E-state index contributed by atoms with van der Waals surface area (Å²) in [5, 5.41) is 2.07. The van der Waals surface area contributed by atoms with E-state index >= 15 is 0 Å². The third-order valence-electron chi connectivity index (χ3n) is 2.21. The third-order valence-corrected chi connectivity index (χ3v) is 3.62. The van der Waals surface area contributed by atoms with E-state index in [0.29, 0.717) is 0 Å². The molecule has 0 aliphatic carbocycles. The molecule has 0 saturated heterocycles. The number of nitrogens with zero attached hydrogens (tertiary/aromatic N) is 1. The van der Waals surface area contributed by atoms with Crippen LogP contribution in [0.3, 0.4) is 0 Å². The van der Waals surface area contributed by atoms with E-state index in [2.05, 4.69) is 23.5 Å². The molecule has 0 aliphatic heterocycles. The van der Waals surface area contributed by atoms with Crippen molar-refractivity contribution in [2.75, 3.05) is 0 Å². The predicted molar refractivity (Wildman–Crippen MR) is 62.0 cm³/mol. The average molecular weight is 305 g/mol. The lowest BCUT2D eigenvalue weighted by Gasteiger charge is -1.87. The molecule has 1 aromatic carbocycles. The first-order chi connectivity index (χ1) is 6.72. The molecule has 0 amide bonds. The maximum absolute atomic E-state index is 5.93. The van der Waals surface area contributed by atoms with Gasteiger partial charge in [-0.15, -0.1) is 3.96 Å². The summed E-state index contributed by atoms with van der Waals surface area (Å²) in [4.78, 5) is 0. The standard InChI is InChI=1S/C11H11ClNS.BrH/c1-3-6-13-8(2)10-5-4-9(12)7-11(10)14-13;/h3-5,7H,1,6H2,2H3;1H/q+1;/p-1. The highest BCUT2D eigenvalue weighted by molar-refractivity contribution is 7.09. The van der Waals surface area contributed by atoms with E-state index in [1.54, 1.807) is 11.5 Å². The highest BCUT2D eigenvalue weighted by atomic mass is 79.9. The minimum absolute atomic E-state index is 0. The van der Waals surface area contributed by atoms with Gasteiger partial charge < -0.3 is 17.0 Å². The van der Waals surface area contributed by atoms with Crippen LogP contribution >= 0.6 is 23.1 Å². The molecule has 2 rings (SSSR count). The van der Waals surface area contributed by atoms with Crippen molar-refractivity contribution in [3.8, 4) is 0 Å². The number of rotatable bonds is 2. The number of hydrogen-bond acceptors (Lipinski definition) is 1. The molecule has 1 nitrogen and oxygen atoms in total. The molecule has 15 heavy (non-hydrogen) atoms. The fourth-order valence-electron chi connectivity index (χ4n) is 1.48. The molecule has 4 heteroatoms. The zero-order valence-corrected chi connectivity index (χ0v) is 11.5. The monoisotopic (exact) mass is 303 g/mol. The van der Waals surface area contributed by atoms with Gasteiger partial charge in [0.05, 0.1) is 5.39 Å². The Morgan fingerprint density at radius 2 is 2.27 bits per heavy atom. The fourth-order valence-corrected chi connectivity index (χ4v) is 2.87. The second-order valence-electron chi connectivity index (χ2n) is 3.17. The molecular weight excluding hydrogens is 294 g/mol. The van der Waals surface area contributed by atoms with Gasteiger partial charge in [0.2, 0.25) is 5.69 Å². The van der Waals surface area contributed by atoms with Crippen molar-refractivity contribution in [3.05, 3.63) is 41.6 Å². The third kappa shape index (κ3) is 2.41. The van der Waals surface area contributed by atoms with Crippen molar-refractivity contribution in [2.24, 2.45) is 0 Å². The van der Waals surface area contributed by atoms with Crippen LogP contribution in [0, 0.1) is 6.92 Å². The number of aromatic nitrogens is 1. The first-order valence-electron chi connectivity index (χ1n) is 4.42. The number of fused-ring (bicyclic) bond motifs is 1. The zero-order chi connectivity index (χ0) is 10.1. The van der Waals surface area contributed by atoms with Gasteiger partial charge in [0.15, 0.2) is 6.54 Å². The van der Waals surface area contributed by atoms with Crippen molar-refractivity contribution in [1.82, 2.24) is 0 Å². The number of aryl methyl sites for hydroxylation is 1. The highest BCUT2D eigenvalue weighted by Crippen LogP contribution is 2.24. The summed E-state index contributed by atoms with van der Waals surface area (Å²) in [6.07, 6.45) is 1.91. The van der Waals surface area contributed by atoms with E-state index in [1.807, 2.05) is 18.2 Å². The first-order valence-corrected chi connectivity index (χ1v) is 5.57. The van der Waals surface area contributed by atoms with Gasteiger partial charge in [-0.1, -0.05) is 18.2 Å². The Hall–Kier alpha value is -0.380.